The number of carbonyl (C=O) groups is 1. The Morgan fingerprint density at radius 2 is 1.93 bits per heavy atom. The number of nitrogens with zero attached hydrogens (tertiary/aromatic N) is 2. The van der Waals surface area contributed by atoms with E-state index in [1.807, 2.05) is 27.7 Å². The monoisotopic (exact) mass is 386 g/mol. The van der Waals surface area contributed by atoms with E-state index in [1.54, 1.807) is 4.90 Å². The van der Waals surface area contributed by atoms with Gasteiger partial charge in [-0.2, -0.15) is 0 Å². The van der Waals surface area contributed by atoms with Crippen molar-refractivity contribution in [3.05, 3.63) is 35.9 Å². The second kappa shape index (κ2) is 7.34. The number of benzene rings is 1. The Hall–Kier alpha value is -1.59. The molecular weight excluding hydrogens is 352 g/mol. The first kappa shape index (κ1) is 19.7. The highest BCUT2D eigenvalue weighted by Gasteiger charge is 2.52. The van der Waals surface area contributed by atoms with Crippen molar-refractivity contribution in [2.24, 2.45) is 5.92 Å². The van der Waals surface area contributed by atoms with Gasteiger partial charge in [0.05, 0.1) is 12.1 Å². The maximum absolute atomic E-state index is 13.3. The number of hydrogen-bond acceptors (Lipinski definition) is 4. The smallest absolute Gasteiger partial charge is 0.412 e. The van der Waals surface area contributed by atoms with Gasteiger partial charge < -0.3 is 9.47 Å². The number of rotatable bonds is 3. The zero-order chi connectivity index (χ0) is 19.9. The molecule has 3 heterocycles. The first-order valence-electron chi connectivity index (χ1n) is 10.7. The van der Waals surface area contributed by atoms with Gasteiger partial charge in [-0.25, -0.2) is 4.79 Å². The minimum atomic E-state index is -0.639. The SMILES string of the molecule is CC1(C)COC(C)(C)N1C(=O)O[C@H]1[C@H](Cc2ccccc2)CN2CCCC[C@H]12. The molecule has 3 fully saturated rings. The van der Waals surface area contributed by atoms with E-state index >= 15 is 0 Å². The van der Waals surface area contributed by atoms with Crippen molar-refractivity contribution >= 4 is 6.09 Å². The van der Waals surface area contributed by atoms with Crippen LogP contribution in [-0.2, 0) is 15.9 Å². The third-order valence-corrected chi connectivity index (χ3v) is 6.66. The Bertz CT molecular complexity index is 687. The molecule has 0 aliphatic carbocycles. The molecular formula is C23H34N2O3. The van der Waals surface area contributed by atoms with Gasteiger partial charge >= 0.3 is 6.09 Å². The van der Waals surface area contributed by atoms with Crippen LogP contribution in [0.4, 0.5) is 4.79 Å². The highest BCUT2D eigenvalue weighted by molar-refractivity contribution is 5.70. The van der Waals surface area contributed by atoms with Gasteiger partial charge in [0.15, 0.2) is 0 Å². The fourth-order valence-corrected chi connectivity index (χ4v) is 5.45. The first-order valence-corrected chi connectivity index (χ1v) is 10.7. The van der Waals surface area contributed by atoms with E-state index in [0.29, 0.717) is 18.6 Å². The van der Waals surface area contributed by atoms with Gasteiger partial charge in [-0.1, -0.05) is 36.8 Å². The summed E-state index contributed by atoms with van der Waals surface area (Å²) in [6.45, 7) is 10.7. The van der Waals surface area contributed by atoms with E-state index in [0.717, 1.165) is 25.9 Å². The molecule has 0 N–H and O–H groups in total. The number of amides is 1. The summed E-state index contributed by atoms with van der Waals surface area (Å²) < 4.78 is 12.2. The Balaban J connectivity index is 1.54. The van der Waals surface area contributed by atoms with E-state index in [1.165, 1.54) is 18.4 Å². The van der Waals surface area contributed by atoms with Gasteiger partial charge in [0.2, 0.25) is 0 Å². The molecule has 5 heteroatoms. The highest BCUT2D eigenvalue weighted by Crippen LogP contribution is 2.39. The van der Waals surface area contributed by atoms with Crippen molar-refractivity contribution < 1.29 is 14.3 Å². The molecule has 1 amide bonds. The summed E-state index contributed by atoms with van der Waals surface area (Å²) in [5.74, 6) is 0.337. The molecule has 0 bridgehead atoms. The number of piperidine rings is 1. The predicted octanol–water partition coefficient (Wildman–Crippen LogP) is 4.07. The van der Waals surface area contributed by atoms with Crippen LogP contribution < -0.4 is 0 Å². The molecule has 1 aromatic carbocycles. The van der Waals surface area contributed by atoms with Crippen LogP contribution in [0.5, 0.6) is 0 Å². The quantitative estimate of drug-likeness (QED) is 0.785. The lowest BCUT2D eigenvalue weighted by atomic mass is 9.91. The average Bonchev–Trinajstić information content (AvgIpc) is 3.09. The van der Waals surface area contributed by atoms with E-state index in [2.05, 4.69) is 35.2 Å². The van der Waals surface area contributed by atoms with Crippen molar-refractivity contribution in [2.45, 2.75) is 76.8 Å². The number of hydrogen-bond donors (Lipinski definition) is 0. The lowest BCUT2D eigenvalue weighted by Crippen LogP contribution is -2.54. The van der Waals surface area contributed by atoms with E-state index in [4.69, 9.17) is 9.47 Å². The van der Waals surface area contributed by atoms with Gasteiger partial charge in [-0.05, 0) is 59.1 Å². The maximum atomic E-state index is 13.3. The zero-order valence-corrected chi connectivity index (χ0v) is 17.7. The molecule has 0 unspecified atom stereocenters. The van der Waals surface area contributed by atoms with Crippen LogP contribution in [-0.4, -0.2) is 59.0 Å². The molecule has 1 aromatic rings. The second-order valence-corrected chi connectivity index (χ2v) is 9.74. The normalized spacial score (nSPS) is 31.6. The third kappa shape index (κ3) is 3.67. The Kier molecular flexibility index (Phi) is 5.17. The number of fused-ring (bicyclic) bond motifs is 1. The van der Waals surface area contributed by atoms with Gasteiger partial charge in [0.1, 0.15) is 11.8 Å². The van der Waals surface area contributed by atoms with Crippen molar-refractivity contribution in [1.29, 1.82) is 0 Å². The summed E-state index contributed by atoms with van der Waals surface area (Å²) >= 11 is 0. The summed E-state index contributed by atoms with van der Waals surface area (Å²) in [7, 11) is 0. The number of ether oxygens (including phenoxy) is 2. The largest absolute Gasteiger partial charge is 0.444 e. The molecule has 3 aliphatic heterocycles. The van der Waals surface area contributed by atoms with E-state index in [9.17, 15) is 4.79 Å². The molecule has 3 aliphatic rings. The summed E-state index contributed by atoms with van der Waals surface area (Å²) in [6, 6.07) is 10.9. The standard InChI is InChI=1S/C23H34N2O3/c1-22(2)16-27-23(3,4)25(22)21(26)28-20-18(14-17-10-6-5-7-11-17)15-24-13-9-8-12-19(20)24/h5-7,10-11,18-20H,8-9,12-16H2,1-4H3/t18-,19-,20+/m1/s1. The summed E-state index contributed by atoms with van der Waals surface area (Å²) in [6.07, 6.45) is 4.25. The summed E-state index contributed by atoms with van der Waals surface area (Å²) in [4.78, 5) is 17.7. The van der Waals surface area contributed by atoms with Crippen LogP contribution in [0.2, 0.25) is 0 Å². The molecule has 3 saturated heterocycles. The van der Waals surface area contributed by atoms with Crippen molar-refractivity contribution in [2.75, 3.05) is 19.7 Å². The Morgan fingerprint density at radius 3 is 2.61 bits per heavy atom. The topological polar surface area (TPSA) is 42.0 Å². The van der Waals surface area contributed by atoms with Gasteiger partial charge in [0, 0.05) is 18.5 Å². The van der Waals surface area contributed by atoms with Crippen LogP contribution >= 0.6 is 0 Å². The van der Waals surface area contributed by atoms with E-state index in [-0.39, 0.29) is 17.7 Å². The minimum Gasteiger partial charge on any atom is -0.444 e. The number of carbonyl (C=O) groups excluding carboxylic acids is 1. The highest BCUT2D eigenvalue weighted by atomic mass is 16.6. The predicted molar refractivity (Wildman–Crippen MR) is 109 cm³/mol. The maximum Gasteiger partial charge on any atom is 0.412 e. The van der Waals surface area contributed by atoms with Crippen molar-refractivity contribution in [3.8, 4) is 0 Å². The summed E-state index contributed by atoms with van der Waals surface area (Å²) in [5, 5.41) is 0. The van der Waals surface area contributed by atoms with Crippen molar-refractivity contribution in [1.82, 2.24) is 9.80 Å². The third-order valence-electron chi connectivity index (χ3n) is 6.66. The van der Waals surface area contributed by atoms with Crippen LogP contribution in [0, 0.1) is 5.92 Å². The molecule has 5 nitrogen and oxygen atoms in total. The Morgan fingerprint density at radius 1 is 1.18 bits per heavy atom. The fourth-order valence-electron chi connectivity index (χ4n) is 5.45. The van der Waals surface area contributed by atoms with Crippen LogP contribution in [0.3, 0.4) is 0 Å². The molecule has 0 saturated carbocycles. The molecule has 4 rings (SSSR count). The van der Waals surface area contributed by atoms with Crippen LogP contribution in [0.15, 0.2) is 30.3 Å². The van der Waals surface area contributed by atoms with Gasteiger partial charge in [0.25, 0.3) is 0 Å². The zero-order valence-electron chi connectivity index (χ0n) is 17.7. The van der Waals surface area contributed by atoms with E-state index < -0.39 is 5.72 Å². The average molecular weight is 387 g/mol. The molecule has 0 spiro atoms. The molecule has 28 heavy (non-hydrogen) atoms. The second-order valence-electron chi connectivity index (χ2n) is 9.74. The molecule has 3 atom stereocenters. The summed E-state index contributed by atoms with van der Waals surface area (Å²) in [5.41, 5.74) is 0.319. The molecule has 154 valence electrons. The van der Waals surface area contributed by atoms with Crippen LogP contribution in [0.1, 0.15) is 52.5 Å². The Labute approximate surface area is 169 Å². The minimum absolute atomic E-state index is 0.0554. The first-order chi connectivity index (χ1) is 13.3. The molecule has 0 radical (unpaired) electrons. The fraction of sp³-hybridized carbons (Fsp3) is 0.696. The lowest BCUT2D eigenvalue weighted by Gasteiger charge is -2.39. The lowest BCUT2D eigenvalue weighted by molar-refractivity contribution is -0.0649. The van der Waals surface area contributed by atoms with Gasteiger partial charge in [-0.15, -0.1) is 0 Å². The van der Waals surface area contributed by atoms with Crippen LogP contribution in [0.25, 0.3) is 0 Å². The van der Waals surface area contributed by atoms with Gasteiger partial charge in [-0.3, -0.25) is 9.80 Å². The van der Waals surface area contributed by atoms with Crippen molar-refractivity contribution in [3.63, 3.8) is 0 Å². The molecule has 0 aromatic heterocycles.